The Hall–Kier alpha value is -3.61. The van der Waals surface area contributed by atoms with E-state index in [-0.39, 0.29) is 23.8 Å². The molecule has 2 amide bonds. The van der Waals surface area contributed by atoms with E-state index in [1.54, 1.807) is 42.5 Å². The van der Waals surface area contributed by atoms with Gasteiger partial charge in [-0.2, -0.15) is 0 Å². The van der Waals surface area contributed by atoms with Crippen LogP contribution in [0.3, 0.4) is 0 Å². The monoisotopic (exact) mass is 368 g/mol. The Labute approximate surface area is 155 Å². The van der Waals surface area contributed by atoms with Crippen LogP contribution in [0, 0.1) is 5.82 Å². The quantitative estimate of drug-likeness (QED) is 0.692. The summed E-state index contributed by atoms with van der Waals surface area (Å²) in [5, 5.41) is 5.40. The molecule has 2 N–H and O–H groups in total. The molecule has 0 aliphatic heterocycles. The summed E-state index contributed by atoms with van der Waals surface area (Å²) in [6.45, 7) is 0. The number of carbonyl (C=O) groups is 2. The molecular weight excluding hydrogens is 351 g/mol. The van der Waals surface area contributed by atoms with Gasteiger partial charge in [0.25, 0.3) is 5.91 Å². The van der Waals surface area contributed by atoms with Gasteiger partial charge in [0.2, 0.25) is 5.91 Å². The summed E-state index contributed by atoms with van der Waals surface area (Å²) in [4.78, 5) is 24.2. The Morgan fingerprint density at radius 1 is 1.04 bits per heavy atom. The highest BCUT2D eigenvalue weighted by Gasteiger charge is 2.11. The molecule has 6 nitrogen and oxygen atoms in total. The summed E-state index contributed by atoms with van der Waals surface area (Å²) in [7, 11) is 1.38. The molecule has 0 saturated heterocycles. The molecule has 0 unspecified atom stereocenters. The van der Waals surface area contributed by atoms with Crippen LogP contribution in [0.2, 0.25) is 0 Å². The lowest BCUT2D eigenvalue weighted by Gasteiger charge is -2.09. The molecule has 0 aliphatic carbocycles. The fraction of sp³-hybridized carbons (Fsp3) is 0.100. The average molecular weight is 368 g/mol. The predicted octanol–water partition coefficient (Wildman–Crippen LogP) is 3.86. The van der Waals surface area contributed by atoms with Gasteiger partial charge in [0.05, 0.1) is 19.8 Å². The maximum atomic E-state index is 13.7. The molecule has 27 heavy (non-hydrogen) atoms. The summed E-state index contributed by atoms with van der Waals surface area (Å²) in [5.74, 6) is -0.915. The molecule has 1 heterocycles. The van der Waals surface area contributed by atoms with Crippen LogP contribution in [-0.2, 0) is 11.2 Å². The zero-order valence-corrected chi connectivity index (χ0v) is 14.5. The first-order valence-electron chi connectivity index (χ1n) is 8.12. The van der Waals surface area contributed by atoms with Crippen LogP contribution in [-0.4, -0.2) is 18.9 Å². The number of furan rings is 1. The van der Waals surface area contributed by atoms with Gasteiger partial charge in [0.1, 0.15) is 0 Å². The lowest BCUT2D eigenvalue weighted by molar-refractivity contribution is -0.115. The zero-order chi connectivity index (χ0) is 19.2. The van der Waals surface area contributed by atoms with Gasteiger partial charge in [-0.1, -0.05) is 12.1 Å². The summed E-state index contributed by atoms with van der Waals surface area (Å²) in [5.41, 5.74) is 1.53. The second-order valence-corrected chi connectivity index (χ2v) is 5.71. The lowest BCUT2D eigenvalue weighted by Crippen LogP contribution is -2.15. The number of methoxy groups -OCH3 is 1. The molecule has 2 aromatic carbocycles. The molecular formula is C20H17FN2O4. The summed E-state index contributed by atoms with van der Waals surface area (Å²) < 4.78 is 23.6. The van der Waals surface area contributed by atoms with Crippen LogP contribution in [0.4, 0.5) is 15.8 Å². The van der Waals surface area contributed by atoms with Gasteiger partial charge in [-0.3, -0.25) is 9.59 Å². The lowest BCUT2D eigenvalue weighted by atomic mass is 10.1. The van der Waals surface area contributed by atoms with Gasteiger partial charge in [0.15, 0.2) is 17.3 Å². The number of hydrogen-bond acceptors (Lipinski definition) is 4. The van der Waals surface area contributed by atoms with Crippen molar-refractivity contribution in [3.63, 3.8) is 0 Å². The van der Waals surface area contributed by atoms with Crippen molar-refractivity contribution in [2.24, 2.45) is 0 Å². The van der Waals surface area contributed by atoms with Crippen molar-refractivity contribution in [2.75, 3.05) is 17.7 Å². The Morgan fingerprint density at radius 2 is 1.81 bits per heavy atom. The van der Waals surface area contributed by atoms with Gasteiger partial charge in [-0.05, 0) is 48.0 Å². The highest BCUT2D eigenvalue weighted by molar-refractivity contribution is 6.02. The first kappa shape index (κ1) is 18.2. The second-order valence-electron chi connectivity index (χ2n) is 5.71. The number of ether oxygens (including phenoxy) is 1. The molecule has 0 spiro atoms. The first-order valence-corrected chi connectivity index (χ1v) is 8.12. The van der Waals surface area contributed by atoms with Crippen molar-refractivity contribution in [3.8, 4) is 5.75 Å². The van der Waals surface area contributed by atoms with E-state index < -0.39 is 11.7 Å². The molecule has 0 saturated carbocycles. The molecule has 138 valence electrons. The minimum Gasteiger partial charge on any atom is -0.494 e. The number of benzene rings is 2. The van der Waals surface area contributed by atoms with E-state index >= 15 is 0 Å². The maximum Gasteiger partial charge on any atom is 0.291 e. The summed E-state index contributed by atoms with van der Waals surface area (Å²) >= 11 is 0. The number of rotatable bonds is 6. The Morgan fingerprint density at radius 3 is 2.48 bits per heavy atom. The van der Waals surface area contributed by atoms with Crippen molar-refractivity contribution in [1.29, 1.82) is 0 Å². The third-order valence-electron chi connectivity index (χ3n) is 3.73. The van der Waals surface area contributed by atoms with Crippen molar-refractivity contribution >= 4 is 23.2 Å². The van der Waals surface area contributed by atoms with Gasteiger partial charge >= 0.3 is 0 Å². The molecule has 0 aliphatic rings. The number of anilines is 2. The highest BCUT2D eigenvalue weighted by Crippen LogP contribution is 2.19. The van der Waals surface area contributed by atoms with Crippen LogP contribution in [0.25, 0.3) is 0 Å². The van der Waals surface area contributed by atoms with E-state index in [1.807, 2.05) is 0 Å². The number of amides is 2. The SMILES string of the molecule is COc1ccc(CC(=O)Nc2cccc(NC(=O)c3ccco3)c2)cc1F. The van der Waals surface area contributed by atoms with Crippen LogP contribution < -0.4 is 15.4 Å². The Bertz CT molecular complexity index is 954. The highest BCUT2D eigenvalue weighted by atomic mass is 19.1. The number of halogens is 1. The number of nitrogens with one attached hydrogen (secondary N) is 2. The average Bonchev–Trinajstić information content (AvgIpc) is 3.17. The molecule has 1 aromatic heterocycles. The van der Waals surface area contributed by atoms with Crippen molar-refractivity contribution in [1.82, 2.24) is 0 Å². The molecule has 7 heteroatoms. The topological polar surface area (TPSA) is 80.6 Å². The second kappa shape index (κ2) is 8.18. The fourth-order valence-electron chi connectivity index (χ4n) is 2.49. The van der Waals surface area contributed by atoms with Crippen LogP contribution >= 0.6 is 0 Å². The Balaban J connectivity index is 1.62. The van der Waals surface area contributed by atoms with Crippen LogP contribution in [0.1, 0.15) is 16.1 Å². The molecule has 0 radical (unpaired) electrons. The third-order valence-corrected chi connectivity index (χ3v) is 3.73. The van der Waals surface area contributed by atoms with Crippen molar-refractivity contribution in [3.05, 3.63) is 78.0 Å². The van der Waals surface area contributed by atoms with Gasteiger partial charge < -0.3 is 19.8 Å². The van der Waals surface area contributed by atoms with E-state index in [9.17, 15) is 14.0 Å². The normalized spacial score (nSPS) is 10.3. The minimum atomic E-state index is -0.523. The number of carbonyl (C=O) groups excluding carboxylic acids is 2. The first-order chi connectivity index (χ1) is 13.0. The van der Waals surface area contributed by atoms with Crippen LogP contribution in [0.15, 0.2) is 65.3 Å². The van der Waals surface area contributed by atoms with Gasteiger partial charge in [0, 0.05) is 11.4 Å². The minimum absolute atomic E-state index is 0.00387. The van der Waals surface area contributed by atoms with E-state index in [0.717, 1.165) is 0 Å². The van der Waals surface area contributed by atoms with Crippen LogP contribution in [0.5, 0.6) is 5.75 Å². The molecule has 3 aromatic rings. The number of hydrogen-bond donors (Lipinski definition) is 2. The molecule has 0 bridgehead atoms. The molecule has 3 rings (SSSR count). The van der Waals surface area contributed by atoms with Gasteiger partial charge in [-0.15, -0.1) is 0 Å². The van der Waals surface area contributed by atoms with Crippen molar-refractivity contribution < 1.29 is 23.1 Å². The third kappa shape index (κ3) is 4.72. The van der Waals surface area contributed by atoms with Crippen molar-refractivity contribution in [2.45, 2.75) is 6.42 Å². The predicted molar refractivity (Wildman–Crippen MR) is 98.4 cm³/mol. The summed E-state index contributed by atoms with van der Waals surface area (Å²) in [6, 6.07) is 14.2. The Kier molecular flexibility index (Phi) is 5.51. The van der Waals surface area contributed by atoms with E-state index in [0.29, 0.717) is 16.9 Å². The summed E-state index contributed by atoms with van der Waals surface area (Å²) in [6.07, 6.45) is 1.41. The molecule has 0 atom stereocenters. The van der Waals surface area contributed by atoms with E-state index in [2.05, 4.69) is 10.6 Å². The van der Waals surface area contributed by atoms with E-state index in [4.69, 9.17) is 9.15 Å². The smallest absolute Gasteiger partial charge is 0.291 e. The maximum absolute atomic E-state index is 13.7. The standard InChI is InChI=1S/C20H17FN2O4/c1-26-17-8-7-13(10-16(17)21)11-19(24)22-14-4-2-5-15(12-14)23-20(25)18-6-3-9-27-18/h2-10,12H,11H2,1H3,(H,22,24)(H,23,25). The largest absolute Gasteiger partial charge is 0.494 e. The van der Waals surface area contributed by atoms with E-state index in [1.165, 1.54) is 25.5 Å². The van der Waals surface area contributed by atoms with Gasteiger partial charge in [-0.25, -0.2) is 4.39 Å². The fourth-order valence-corrected chi connectivity index (χ4v) is 2.49. The zero-order valence-electron chi connectivity index (χ0n) is 14.5. The molecule has 0 fully saturated rings.